The fraction of sp³-hybridized carbons (Fsp3) is 0.345. The first-order valence-corrected chi connectivity index (χ1v) is 12.8. The Labute approximate surface area is 221 Å². The Hall–Kier alpha value is -4.27. The molecule has 0 unspecified atom stereocenters. The molecule has 1 atom stereocenters. The molecule has 0 spiro atoms. The van der Waals surface area contributed by atoms with Crippen molar-refractivity contribution in [2.75, 3.05) is 18.4 Å². The van der Waals surface area contributed by atoms with Gasteiger partial charge in [0.05, 0.1) is 11.4 Å². The van der Waals surface area contributed by atoms with Crippen molar-refractivity contribution in [3.8, 4) is 22.8 Å². The molecule has 1 aliphatic rings. The van der Waals surface area contributed by atoms with Crippen molar-refractivity contribution in [1.82, 2.24) is 24.6 Å². The van der Waals surface area contributed by atoms with E-state index in [2.05, 4.69) is 15.3 Å². The molecule has 0 bridgehead atoms. The Balaban J connectivity index is 1.58. The van der Waals surface area contributed by atoms with E-state index in [9.17, 15) is 9.59 Å². The third kappa shape index (κ3) is 5.22. The molecule has 3 heterocycles. The summed E-state index contributed by atoms with van der Waals surface area (Å²) < 4.78 is 7.85. The number of anilines is 1. The molecule has 196 valence electrons. The van der Waals surface area contributed by atoms with E-state index in [0.717, 1.165) is 30.7 Å². The monoisotopic (exact) mass is 512 g/mol. The second kappa shape index (κ2) is 10.2. The summed E-state index contributed by atoms with van der Waals surface area (Å²) in [6.45, 7) is 8.46. The van der Waals surface area contributed by atoms with Crippen LogP contribution >= 0.6 is 0 Å². The number of rotatable bonds is 5. The zero-order valence-corrected chi connectivity index (χ0v) is 22.1. The highest BCUT2D eigenvalue weighted by Crippen LogP contribution is 2.36. The van der Waals surface area contributed by atoms with Crippen LogP contribution in [0.5, 0.6) is 11.5 Å². The van der Waals surface area contributed by atoms with Crippen LogP contribution in [-0.2, 0) is 9.59 Å². The number of benzene rings is 2. The number of nitrogens with zero attached hydrogens (tertiary/aromatic N) is 5. The molecule has 2 amide bonds. The number of carbonyl (C=O) groups is 2. The van der Waals surface area contributed by atoms with Gasteiger partial charge >= 0.3 is 0 Å². The summed E-state index contributed by atoms with van der Waals surface area (Å²) in [4.78, 5) is 35.9. The van der Waals surface area contributed by atoms with Gasteiger partial charge in [-0.1, -0.05) is 39.0 Å². The van der Waals surface area contributed by atoms with Crippen LogP contribution in [0.3, 0.4) is 0 Å². The number of aromatic nitrogens is 4. The van der Waals surface area contributed by atoms with Gasteiger partial charge in [0.1, 0.15) is 29.3 Å². The summed E-state index contributed by atoms with van der Waals surface area (Å²) in [6, 6.07) is 17.2. The predicted molar refractivity (Wildman–Crippen MR) is 146 cm³/mol. The van der Waals surface area contributed by atoms with Gasteiger partial charge in [0.25, 0.3) is 0 Å². The molecule has 1 fully saturated rings. The number of para-hydroxylation sites is 1. The van der Waals surface area contributed by atoms with Crippen molar-refractivity contribution >= 4 is 28.7 Å². The third-order valence-corrected chi connectivity index (χ3v) is 6.70. The van der Waals surface area contributed by atoms with Crippen molar-refractivity contribution < 1.29 is 14.3 Å². The molecule has 38 heavy (non-hydrogen) atoms. The zero-order valence-electron chi connectivity index (χ0n) is 22.1. The number of ether oxygens (including phenoxy) is 1. The lowest BCUT2D eigenvalue weighted by Crippen LogP contribution is -2.39. The molecule has 1 N–H and O–H groups in total. The average Bonchev–Trinajstić information content (AvgIpc) is 3.30. The van der Waals surface area contributed by atoms with Crippen LogP contribution in [0, 0.1) is 5.41 Å². The number of hydrogen-bond acceptors (Lipinski definition) is 6. The maximum Gasteiger partial charge on any atom is 0.230 e. The molecular formula is C29H32N6O3. The molecule has 5 rings (SSSR count). The van der Waals surface area contributed by atoms with E-state index in [4.69, 9.17) is 9.84 Å². The van der Waals surface area contributed by atoms with E-state index in [1.807, 2.05) is 85.0 Å². The summed E-state index contributed by atoms with van der Waals surface area (Å²) in [6.07, 6.45) is 3.20. The molecular weight excluding hydrogens is 480 g/mol. The van der Waals surface area contributed by atoms with E-state index < -0.39 is 5.41 Å². The van der Waals surface area contributed by atoms with Crippen molar-refractivity contribution in [3.05, 3.63) is 60.9 Å². The topological polar surface area (TPSA) is 102 Å². The van der Waals surface area contributed by atoms with E-state index in [-0.39, 0.29) is 17.9 Å². The van der Waals surface area contributed by atoms with Gasteiger partial charge in [-0.3, -0.25) is 9.59 Å². The van der Waals surface area contributed by atoms with Gasteiger partial charge in [0, 0.05) is 31.0 Å². The van der Waals surface area contributed by atoms with Crippen LogP contribution in [0.2, 0.25) is 0 Å². The minimum Gasteiger partial charge on any atom is -0.457 e. The smallest absolute Gasteiger partial charge is 0.230 e. The summed E-state index contributed by atoms with van der Waals surface area (Å²) in [5, 5.41) is 8.66. The largest absolute Gasteiger partial charge is 0.457 e. The average molecular weight is 513 g/mol. The fourth-order valence-corrected chi connectivity index (χ4v) is 4.57. The van der Waals surface area contributed by atoms with E-state index in [1.54, 1.807) is 6.92 Å². The van der Waals surface area contributed by atoms with Crippen LogP contribution in [0.25, 0.3) is 22.3 Å². The van der Waals surface area contributed by atoms with Gasteiger partial charge in [-0.05, 0) is 49.2 Å². The SMILES string of the molecule is CC(=O)N1CCC[C@@H](n2nc(-c3ccc(Oc4ccccc4)cc3)c3c(NC(=O)C(C)(C)C)ncnc32)C1. The Morgan fingerprint density at radius 2 is 1.71 bits per heavy atom. The van der Waals surface area contributed by atoms with Gasteiger partial charge in [-0.2, -0.15) is 5.10 Å². The molecule has 1 aliphatic heterocycles. The Morgan fingerprint density at radius 1 is 1.00 bits per heavy atom. The quantitative estimate of drug-likeness (QED) is 0.381. The van der Waals surface area contributed by atoms with Gasteiger partial charge in [0.15, 0.2) is 5.65 Å². The highest BCUT2D eigenvalue weighted by molar-refractivity contribution is 6.05. The zero-order chi connectivity index (χ0) is 26.9. The van der Waals surface area contributed by atoms with Crippen molar-refractivity contribution in [2.24, 2.45) is 5.41 Å². The third-order valence-electron chi connectivity index (χ3n) is 6.70. The standard InChI is InChI=1S/C29H32N6O3/c1-19(36)34-16-8-9-21(17-34)35-27-24(26(30-18-31-27)32-28(37)29(2,3)4)25(33-35)20-12-14-23(15-13-20)38-22-10-6-5-7-11-22/h5-7,10-15,18,21H,8-9,16-17H2,1-4H3,(H,30,31,32,37)/t21-/m1/s1. The molecule has 2 aromatic heterocycles. The highest BCUT2D eigenvalue weighted by atomic mass is 16.5. The van der Waals surface area contributed by atoms with Gasteiger partial charge < -0.3 is 15.0 Å². The van der Waals surface area contributed by atoms with Crippen LogP contribution in [0.15, 0.2) is 60.9 Å². The lowest BCUT2D eigenvalue weighted by molar-refractivity contribution is -0.130. The number of amides is 2. The minimum absolute atomic E-state index is 0.0364. The Kier molecular flexibility index (Phi) is 6.84. The molecule has 9 heteroatoms. The summed E-state index contributed by atoms with van der Waals surface area (Å²) in [5.41, 5.74) is 1.53. The lowest BCUT2D eigenvalue weighted by Gasteiger charge is -2.32. The fourth-order valence-electron chi connectivity index (χ4n) is 4.57. The first-order chi connectivity index (χ1) is 18.2. The number of fused-ring (bicyclic) bond motifs is 1. The molecule has 4 aromatic rings. The lowest BCUT2D eigenvalue weighted by atomic mass is 9.95. The van der Waals surface area contributed by atoms with Gasteiger partial charge in [-0.25, -0.2) is 14.6 Å². The highest BCUT2D eigenvalue weighted by Gasteiger charge is 2.29. The Morgan fingerprint density at radius 3 is 2.39 bits per heavy atom. The van der Waals surface area contributed by atoms with E-state index in [1.165, 1.54) is 6.33 Å². The molecule has 0 aliphatic carbocycles. The van der Waals surface area contributed by atoms with Gasteiger partial charge in [0.2, 0.25) is 11.8 Å². The molecule has 0 saturated carbocycles. The summed E-state index contributed by atoms with van der Waals surface area (Å²) >= 11 is 0. The maximum atomic E-state index is 12.9. The minimum atomic E-state index is -0.602. The number of carbonyl (C=O) groups excluding carboxylic acids is 2. The molecule has 2 aromatic carbocycles. The van der Waals surface area contributed by atoms with Crippen LogP contribution in [-0.4, -0.2) is 49.6 Å². The summed E-state index contributed by atoms with van der Waals surface area (Å²) in [5.74, 6) is 1.77. The van der Waals surface area contributed by atoms with Crippen LogP contribution in [0.1, 0.15) is 46.6 Å². The number of hydrogen-bond donors (Lipinski definition) is 1. The predicted octanol–water partition coefficient (Wildman–Crippen LogP) is 5.45. The van der Waals surface area contributed by atoms with Crippen molar-refractivity contribution in [1.29, 1.82) is 0 Å². The van der Waals surface area contributed by atoms with Gasteiger partial charge in [-0.15, -0.1) is 0 Å². The van der Waals surface area contributed by atoms with Crippen LogP contribution < -0.4 is 10.1 Å². The molecule has 0 radical (unpaired) electrons. The first kappa shape index (κ1) is 25.4. The molecule has 1 saturated heterocycles. The normalized spacial score (nSPS) is 15.9. The molecule has 9 nitrogen and oxygen atoms in total. The maximum absolute atomic E-state index is 12.9. The van der Waals surface area contributed by atoms with Crippen LogP contribution in [0.4, 0.5) is 5.82 Å². The number of piperidine rings is 1. The second-order valence-corrected chi connectivity index (χ2v) is 10.6. The van der Waals surface area contributed by atoms with Crippen molar-refractivity contribution in [3.63, 3.8) is 0 Å². The Bertz CT molecular complexity index is 1460. The van der Waals surface area contributed by atoms with E-state index >= 15 is 0 Å². The number of likely N-dealkylation sites (tertiary alicyclic amines) is 1. The van der Waals surface area contributed by atoms with Crippen molar-refractivity contribution in [2.45, 2.75) is 46.6 Å². The second-order valence-electron chi connectivity index (χ2n) is 10.6. The number of nitrogens with one attached hydrogen (secondary N) is 1. The first-order valence-electron chi connectivity index (χ1n) is 12.8. The van der Waals surface area contributed by atoms with E-state index in [0.29, 0.717) is 34.8 Å². The summed E-state index contributed by atoms with van der Waals surface area (Å²) in [7, 11) is 0.